The molecule has 6 heteroatoms. The first-order valence-corrected chi connectivity index (χ1v) is 4.96. The van der Waals surface area contributed by atoms with E-state index < -0.39 is 6.03 Å². The molecule has 17 heavy (non-hydrogen) atoms. The average molecular weight is 237 g/mol. The molecule has 0 unspecified atom stereocenters. The summed E-state index contributed by atoms with van der Waals surface area (Å²) < 4.78 is 4.97. The van der Waals surface area contributed by atoms with E-state index in [4.69, 9.17) is 4.74 Å². The summed E-state index contributed by atoms with van der Waals surface area (Å²) in [5, 5.41) is 0. The van der Waals surface area contributed by atoms with Crippen molar-refractivity contribution in [1.82, 2.24) is 15.8 Å². The molecule has 0 aliphatic carbocycles. The first-order chi connectivity index (χ1) is 8.04. The molecule has 0 aliphatic heterocycles. The van der Waals surface area contributed by atoms with E-state index in [1.807, 2.05) is 0 Å². The molecule has 1 aromatic carbocycles. The summed E-state index contributed by atoms with van der Waals surface area (Å²) in [6.45, 7) is 0. The fraction of sp³-hybridized carbons (Fsp3) is 0.273. The molecule has 0 saturated carbocycles. The topological polar surface area (TPSA) is 70.7 Å². The summed E-state index contributed by atoms with van der Waals surface area (Å²) in [4.78, 5) is 24.1. The van der Waals surface area contributed by atoms with Gasteiger partial charge in [-0.3, -0.25) is 10.2 Å². The molecule has 1 aromatic rings. The van der Waals surface area contributed by atoms with Gasteiger partial charge in [0.1, 0.15) is 5.75 Å². The highest BCUT2D eigenvalue weighted by atomic mass is 16.5. The molecule has 0 atom stereocenters. The summed E-state index contributed by atoms with van der Waals surface area (Å²) >= 11 is 0. The Kier molecular flexibility index (Phi) is 4.33. The molecule has 6 nitrogen and oxygen atoms in total. The Morgan fingerprint density at radius 2 is 1.71 bits per heavy atom. The van der Waals surface area contributed by atoms with Gasteiger partial charge in [-0.1, -0.05) is 0 Å². The van der Waals surface area contributed by atoms with Crippen molar-refractivity contribution < 1.29 is 14.3 Å². The standard InChI is InChI=1S/C11H15N3O3/c1-14(2)11(16)13-12-10(15)8-4-6-9(17-3)7-5-8/h4-7H,1-3H3,(H,12,15)(H,13,16). The van der Waals surface area contributed by atoms with Crippen LogP contribution in [0, 0.1) is 0 Å². The van der Waals surface area contributed by atoms with Crippen LogP contribution in [0.1, 0.15) is 10.4 Å². The van der Waals surface area contributed by atoms with Gasteiger partial charge in [0.05, 0.1) is 7.11 Å². The molecule has 0 aliphatic rings. The molecule has 2 N–H and O–H groups in total. The molecule has 0 bridgehead atoms. The first kappa shape index (κ1) is 12.8. The van der Waals surface area contributed by atoms with Crippen LogP contribution in [-0.2, 0) is 0 Å². The zero-order valence-electron chi connectivity index (χ0n) is 9.98. The van der Waals surface area contributed by atoms with Crippen molar-refractivity contribution in [3.8, 4) is 5.75 Å². The number of rotatable bonds is 2. The van der Waals surface area contributed by atoms with Gasteiger partial charge >= 0.3 is 6.03 Å². The van der Waals surface area contributed by atoms with E-state index in [9.17, 15) is 9.59 Å². The van der Waals surface area contributed by atoms with Crippen LogP contribution in [0.15, 0.2) is 24.3 Å². The summed E-state index contributed by atoms with van der Waals surface area (Å²) in [5.41, 5.74) is 5.00. The highest BCUT2D eigenvalue weighted by Crippen LogP contribution is 2.10. The molecular formula is C11H15N3O3. The number of nitrogens with zero attached hydrogens (tertiary/aromatic N) is 1. The fourth-order valence-electron chi connectivity index (χ4n) is 1.04. The third-order valence-corrected chi connectivity index (χ3v) is 2.04. The lowest BCUT2D eigenvalue weighted by atomic mass is 10.2. The van der Waals surface area contributed by atoms with Gasteiger partial charge in [-0.05, 0) is 24.3 Å². The lowest BCUT2D eigenvalue weighted by Crippen LogP contribution is -2.46. The molecule has 0 fully saturated rings. The Morgan fingerprint density at radius 1 is 1.12 bits per heavy atom. The summed E-state index contributed by atoms with van der Waals surface area (Å²) in [6.07, 6.45) is 0. The van der Waals surface area contributed by atoms with Crippen molar-refractivity contribution in [3.05, 3.63) is 29.8 Å². The SMILES string of the molecule is COc1ccc(C(=O)NNC(=O)N(C)C)cc1. The molecule has 0 heterocycles. The van der Waals surface area contributed by atoms with Crippen LogP contribution in [0.4, 0.5) is 4.79 Å². The van der Waals surface area contributed by atoms with Gasteiger partial charge in [-0.25, -0.2) is 10.2 Å². The van der Waals surface area contributed by atoms with Gasteiger partial charge in [0.15, 0.2) is 0 Å². The van der Waals surface area contributed by atoms with Crippen LogP contribution in [-0.4, -0.2) is 38.0 Å². The molecule has 0 radical (unpaired) electrons. The number of urea groups is 1. The van der Waals surface area contributed by atoms with Crippen LogP contribution in [0.3, 0.4) is 0 Å². The normalized spacial score (nSPS) is 9.35. The minimum atomic E-state index is -0.396. The van der Waals surface area contributed by atoms with Crippen LogP contribution in [0.25, 0.3) is 0 Å². The van der Waals surface area contributed by atoms with Crippen LogP contribution in [0.5, 0.6) is 5.75 Å². The highest BCUT2D eigenvalue weighted by Gasteiger charge is 2.07. The maximum atomic E-state index is 11.6. The van der Waals surface area contributed by atoms with Crippen LogP contribution < -0.4 is 15.6 Å². The predicted octanol–water partition coefficient (Wildman–Crippen LogP) is 0.611. The Hall–Kier alpha value is -2.24. The number of benzene rings is 1. The van der Waals surface area contributed by atoms with Crippen LogP contribution >= 0.6 is 0 Å². The molecule has 1 rings (SSSR count). The number of hydrogen-bond acceptors (Lipinski definition) is 3. The molecule has 3 amide bonds. The molecule has 0 saturated heterocycles. The maximum absolute atomic E-state index is 11.6. The van der Waals surface area contributed by atoms with E-state index in [2.05, 4.69) is 10.9 Å². The van der Waals surface area contributed by atoms with E-state index in [-0.39, 0.29) is 5.91 Å². The molecule has 0 aromatic heterocycles. The van der Waals surface area contributed by atoms with E-state index in [0.29, 0.717) is 11.3 Å². The monoisotopic (exact) mass is 237 g/mol. The zero-order valence-corrected chi connectivity index (χ0v) is 9.98. The third kappa shape index (κ3) is 3.67. The quantitative estimate of drug-likeness (QED) is 0.740. The first-order valence-electron chi connectivity index (χ1n) is 4.96. The summed E-state index contributed by atoms with van der Waals surface area (Å²) in [5.74, 6) is 0.279. The van der Waals surface area contributed by atoms with Gasteiger partial charge < -0.3 is 9.64 Å². The Balaban J connectivity index is 2.55. The molecular weight excluding hydrogens is 222 g/mol. The largest absolute Gasteiger partial charge is 0.497 e. The Bertz CT molecular complexity index is 401. The summed E-state index contributed by atoms with van der Waals surface area (Å²) in [6, 6.07) is 6.16. The second-order valence-electron chi connectivity index (χ2n) is 3.51. The lowest BCUT2D eigenvalue weighted by Gasteiger charge is -2.12. The number of hydrazine groups is 1. The fourth-order valence-corrected chi connectivity index (χ4v) is 1.04. The van der Waals surface area contributed by atoms with Gasteiger partial charge in [-0.2, -0.15) is 0 Å². The van der Waals surface area contributed by atoms with Crippen molar-refractivity contribution >= 4 is 11.9 Å². The minimum absolute atomic E-state index is 0.386. The van der Waals surface area contributed by atoms with Gasteiger partial charge in [0.2, 0.25) is 0 Å². The van der Waals surface area contributed by atoms with E-state index in [1.54, 1.807) is 45.5 Å². The number of nitrogens with one attached hydrogen (secondary N) is 2. The van der Waals surface area contributed by atoms with E-state index >= 15 is 0 Å². The summed E-state index contributed by atoms with van der Waals surface area (Å²) in [7, 11) is 4.70. The molecule has 92 valence electrons. The van der Waals surface area contributed by atoms with Crippen LogP contribution in [0.2, 0.25) is 0 Å². The third-order valence-electron chi connectivity index (χ3n) is 2.04. The number of amides is 3. The van der Waals surface area contributed by atoms with Crippen molar-refractivity contribution in [2.45, 2.75) is 0 Å². The van der Waals surface area contributed by atoms with Gasteiger partial charge in [-0.15, -0.1) is 0 Å². The Morgan fingerprint density at radius 3 is 2.18 bits per heavy atom. The number of carbonyl (C=O) groups excluding carboxylic acids is 2. The van der Waals surface area contributed by atoms with Crippen molar-refractivity contribution in [2.75, 3.05) is 21.2 Å². The van der Waals surface area contributed by atoms with Crippen molar-refractivity contribution in [3.63, 3.8) is 0 Å². The smallest absolute Gasteiger partial charge is 0.335 e. The zero-order chi connectivity index (χ0) is 12.8. The van der Waals surface area contributed by atoms with Gasteiger partial charge in [0.25, 0.3) is 5.91 Å². The second-order valence-corrected chi connectivity index (χ2v) is 3.51. The predicted molar refractivity (Wildman–Crippen MR) is 62.7 cm³/mol. The molecule has 0 spiro atoms. The number of ether oxygens (including phenoxy) is 1. The number of carbonyl (C=O) groups is 2. The lowest BCUT2D eigenvalue weighted by molar-refractivity contribution is 0.0932. The Labute approximate surface area is 99.5 Å². The van der Waals surface area contributed by atoms with Crippen molar-refractivity contribution in [2.24, 2.45) is 0 Å². The highest BCUT2D eigenvalue weighted by molar-refractivity contribution is 5.95. The number of hydrogen-bond donors (Lipinski definition) is 2. The average Bonchev–Trinajstić information content (AvgIpc) is 2.35. The van der Waals surface area contributed by atoms with E-state index in [0.717, 1.165) is 0 Å². The van der Waals surface area contributed by atoms with E-state index in [1.165, 1.54) is 4.90 Å². The maximum Gasteiger partial charge on any atom is 0.335 e. The van der Waals surface area contributed by atoms with Gasteiger partial charge in [0, 0.05) is 19.7 Å². The van der Waals surface area contributed by atoms with Crippen molar-refractivity contribution in [1.29, 1.82) is 0 Å². The minimum Gasteiger partial charge on any atom is -0.497 e. The second kappa shape index (κ2) is 5.74. The number of methoxy groups -OCH3 is 1.